The molecule has 0 aliphatic heterocycles. The summed E-state index contributed by atoms with van der Waals surface area (Å²) in [5.41, 5.74) is 10.4. The number of hydrogen-bond donors (Lipinski definition) is 2. The van der Waals surface area contributed by atoms with E-state index in [2.05, 4.69) is 10.3 Å². The van der Waals surface area contributed by atoms with Gasteiger partial charge in [-0.2, -0.15) is 0 Å². The predicted molar refractivity (Wildman–Crippen MR) is 76.3 cm³/mol. The summed E-state index contributed by atoms with van der Waals surface area (Å²) in [5.74, 6) is -0.348. The Balaban J connectivity index is 2.10. The van der Waals surface area contributed by atoms with Gasteiger partial charge in [0.2, 0.25) is 0 Å². The predicted octanol–water partition coefficient (Wildman–Crippen LogP) is 2.51. The number of nitrogen functional groups attached to an aromatic ring is 1. The highest BCUT2D eigenvalue weighted by Crippen LogP contribution is 2.21. The molecule has 5 nitrogen and oxygen atoms in total. The number of aromatic nitrogens is 1. The zero-order valence-electron chi connectivity index (χ0n) is 10.6. The second kappa shape index (κ2) is 6.19. The van der Waals surface area contributed by atoms with Crippen LogP contribution in [0.25, 0.3) is 0 Å². The summed E-state index contributed by atoms with van der Waals surface area (Å²) < 4.78 is 4.95. The quantitative estimate of drug-likeness (QED) is 0.648. The Bertz CT molecular complexity index is 555. The Hall–Kier alpha value is -2.08. The molecular formula is C13H15N3O2S. The van der Waals surface area contributed by atoms with Gasteiger partial charge < -0.3 is 15.8 Å². The van der Waals surface area contributed by atoms with Crippen molar-refractivity contribution < 1.29 is 9.53 Å². The monoisotopic (exact) mass is 277 g/mol. The lowest BCUT2D eigenvalue weighted by Gasteiger charge is -2.10. The molecule has 1 aromatic carbocycles. The molecule has 0 amide bonds. The minimum absolute atomic E-state index is 0.348. The first kappa shape index (κ1) is 13.4. The lowest BCUT2D eigenvalue weighted by atomic mass is 10.1. The lowest BCUT2D eigenvalue weighted by molar-refractivity contribution is 0.0526. The van der Waals surface area contributed by atoms with E-state index >= 15 is 0 Å². The van der Waals surface area contributed by atoms with Crippen LogP contribution in [-0.2, 0) is 11.3 Å². The molecule has 0 aliphatic rings. The van der Waals surface area contributed by atoms with Crippen molar-refractivity contribution in [3.63, 3.8) is 0 Å². The van der Waals surface area contributed by atoms with Crippen LogP contribution in [0.4, 0.5) is 11.4 Å². The molecule has 0 unspecified atom stereocenters. The van der Waals surface area contributed by atoms with E-state index in [1.807, 2.05) is 5.38 Å². The van der Waals surface area contributed by atoms with Crippen molar-refractivity contribution >= 4 is 28.7 Å². The van der Waals surface area contributed by atoms with Crippen LogP contribution in [0.1, 0.15) is 23.0 Å². The molecule has 0 fully saturated rings. The molecule has 19 heavy (non-hydrogen) atoms. The SMILES string of the molecule is CCOC(=O)c1ccc(N)c(NCc2cscn2)c1. The van der Waals surface area contributed by atoms with Gasteiger partial charge in [-0.3, -0.25) is 0 Å². The van der Waals surface area contributed by atoms with Crippen molar-refractivity contribution in [1.29, 1.82) is 0 Å². The third-order valence-electron chi connectivity index (χ3n) is 2.51. The molecule has 3 N–H and O–H groups in total. The number of nitrogens with zero attached hydrogens (tertiary/aromatic N) is 1. The smallest absolute Gasteiger partial charge is 0.338 e. The van der Waals surface area contributed by atoms with Gasteiger partial charge in [0, 0.05) is 5.38 Å². The van der Waals surface area contributed by atoms with Gasteiger partial charge in [-0.15, -0.1) is 11.3 Å². The van der Waals surface area contributed by atoms with Crippen LogP contribution in [0.2, 0.25) is 0 Å². The summed E-state index contributed by atoms with van der Waals surface area (Å²) >= 11 is 1.54. The van der Waals surface area contributed by atoms with Gasteiger partial charge in [0.25, 0.3) is 0 Å². The summed E-state index contributed by atoms with van der Waals surface area (Å²) in [6, 6.07) is 5.04. The van der Waals surface area contributed by atoms with Gasteiger partial charge >= 0.3 is 5.97 Å². The Morgan fingerprint density at radius 1 is 1.53 bits per heavy atom. The van der Waals surface area contributed by atoms with Crippen LogP contribution in [0.15, 0.2) is 29.1 Å². The maximum Gasteiger partial charge on any atom is 0.338 e. The van der Waals surface area contributed by atoms with Crippen LogP contribution >= 0.6 is 11.3 Å². The average Bonchev–Trinajstić information content (AvgIpc) is 2.91. The number of carbonyl (C=O) groups is 1. The van der Waals surface area contributed by atoms with E-state index in [1.165, 1.54) is 11.3 Å². The number of carbonyl (C=O) groups excluding carboxylic acids is 1. The lowest BCUT2D eigenvalue weighted by Crippen LogP contribution is -2.08. The number of nitrogens with one attached hydrogen (secondary N) is 1. The maximum atomic E-state index is 11.6. The highest BCUT2D eigenvalue weighted by molar-refractivity contribution is 7.07. The van der Waals surface area contributed by atoms with E-state index in [0.717, 1.165) is 5.69 Å². The molecule has 0 bridgehead atoms. The van der Waals surface area contributed by atoms with E-state index in [9.17, 15) is 4.79 Å². The van der Waals surface area contributed by atoms with Crippen LogP contribution < -0.4 is 11.1 Å². The number of anilines is 2. The summed E-state index contributed by atoms with van der Waals surface area (Å²) in [6.07, 6.45) is 0. The zero-order valence-corrected chi connectivity index (χ0v) is 11.4. The van der Waals surface area contributed by atoms with Gasteiger partial charge in [-0.1, -0.05) is 0 Å². The molecule has 0 saturated carbocycles. The molecule has 1 aromatic heterocycles. The van der Waals surface area contributed by atoms with Crippen LogP contribution in [-0.4, -0.2) is 17.6 Å². The molecule has 2 rings (SSSR count). The number of benzene rings is 1. The second-order valence-electron chi connectivity index (χ2n) is 3.86. The van der Waals surface area contributed by atoms with Crippen molar-refractivity contribution in [1.82, 2.24) is 4.98 Å². The molecule has 1 heterocycles. The first-order chi connectivity index (χ1) is 9.20. The number of thiazole rings is 1. The molecule has 0 atom stereocenters. The second-order valence-corrected chi connectivity index (χ2v) is 4.57. The van der Waals surface area contributed by atoms with Gasteiger partial charge in [-0.25, -0.2) is 9.78 Å². The fraction of sp³-hybridized carbons (Fsp3) is 0.231. The third kappa shape index (κ3) is 3.45. The molecule has 0 spiro atoms. The number of esters is 1. The standard InChI is InChI=1S/C13H15N3O2S/c1-2-18-13(17)9-3-4-11(14)12(5-9)15-6-10-7-19-8-16-10/h3-5,7-8,15H,2,6,14H2,1H3. The normalized spacial score (nSPS) is 10.2. The fourth-order valence-electron chi connectivity index (χ4n) is 1.56. The summed E-state index contributed by atoms with van der Waals surface area (Å²) in [5, 5.41) is 5.12. The Morgan fingerprint density at radius 2 is 2.37 bits per heavy atom. The number of nitrogens with two attached hydrogens (primary N) is 1. The van der Waals surface area contributed by atoms with Crippen LogP contribution in [0.5, 0.6) is 0 Å². The van der Waals surface area contributed by atoms with Crippen molar-refractivity contribution in [3.05, 3.63) is 40.3 Å². The van der Waals surface area contributed by atoms with Crippen molar-refractivity contribution in [3.8, 4) is 0 Å². The Morgan fingerprint density at radius 3 is 3.05 bits per heavy atom. The van der Waals surface area contributed by atoms with Crippen LogP contribution in [0, 0.1) is 0 Å². The molecule has 0 radical (unpaired) electrons. The maximum absolute atomic E-state index is 11.6. The van der Waals surface area contributed by atoms with E-state index in [0.29, 0.717) is 30.1 Å². The van der Waals surface area contributed by atoms with Gasteiger partial charge in [0.15, 0.2) is 0 Å². The zero-order chi connectivity index (χ0) is 13.7. The van der Waals surface area contributed by atoms with E-state index in [-0.39, 0.29) is 5.97 Å². The minimum Gasteiger partial charge on any atom is -0.462 e. The van der Waals surface area contributed by atoms with E-state index in [1.54, 1.807) is 30.6 Å². The first-order valence-corrected chi connectivity index (χ1v) is 6.82. The number of hydrogen-bond acceptors (Lipinski definition) is 6. The topological polar surface area (TPSA) is 77.2 Å². The Labute approximate surface area is 115 Å². The Kier molecular flexibility index (Phi) is 4.35. The van der Waals surface area contributed by atoms with E-state index < -0.39 is 0 Å². The van der Waals surface area contributed by atoms with Crippen molar-refractivity contribution in [2.45, 2.75) is 13.5 Å². The summed E-state index contributed by atoms with van der Waals surface area (Å²) in [4.78, 5) is 15.8. The largest absolute Gasteiger partial charge is 0.462 e. The minimum atomic E-state index is -0.348. The molecule has 100 valence electrons. The van der Waals surface area contributed by atoms with Crippen molar-refractivity contribution in [2.24, 2.45) is 0 Å². The highest BCUT2D eigenvalue weighted by Gasteiger charge is 2.09. The van der Waals surface area contributed by atoms with Gasteiger partial charge in [0.1, 0.15) is 0 Å². The summed E-state index contributed by atoms with van der Waals surface area (Å²) in [6.45, 7) is 2.70. The van der Waals surface area contributed by atoms with Gasteiger partial charge in [-0.05, 0) is 25.1 Å². The number of rotatable bonds is 5. The van der Waals surface area contributed by atoms with Gasteiger partial charge in [0.05, 0.1) is 41.3 Å². The van der Waals surface area contributed by atoms with E-state index in [4.69, 9.17) is 10.5 Å². The van der Waals surface area contributed by atoms with Crippen molar-refractivity contribution in [2.75, 3.05) is 17.7 Å². The molecule has 2 aromatic rings. The summed E-state index contributed by atoms with van der Waals surface area (Å²) in [7, 11) is 0. The molecule has 0 aliphatic carbocycles. The molecule has 0 saturated heterocycles. The van der Waals surface area contributed by atoms with Crippen LogP contribution in [0.3, 0.4) is 0 Å². The molecular weight excluding hydrogens is 262 g/mol. The molecule has 6 heteroatoms. The highest BCUT2D eigenvalue weighted by atomic mass is 32.1. The first-order valence-electron chi connectivity index (χ1n) is 5.88. The number of ether oxygens (including phenoxy) is 1. The third-order valence-corrected chi connectivity index (χ3v) is 3.14. The fourth-order valence-corrected chi connectivity index (χ4v) is 2.12. The average molecular weight is 277 g/mol.